The van der Waals surface area contributed by atoms with Crippen LogP contribution in [0.15, 0.2) is 22.9 Å². The summed E-state index contributed by atoms with van der Waals surface area (Å²) in [4.78, 5) is 4.22. The number of ether oxygens (including phenoxy) is 1. The van der Waals surface area contributed by atoms with Crippen molar-refractivity contribution in [1.82, 2.24) is 10.3 Å². The average Bonchev–Trinajstić information content (AvgIpc) is 2.74. The van der Waals surface area contributed by atoms with Crippen molar-refractivity contribution in [2.24, 2.45) is 5.41 Å². The highest BCUT2D eigenvalue weighted by Crippen LogP contribution is 2.52. The summed E-state index contributed by atoms with van der Waals surface area (Å²) in [6, 6.07) is 2.66. The molecule has 0 bridgehead atoms. The third-order valence-corrected chi connectivity index (χ3v) is 5.66. The summed E-state index contributed by atoms with van der Waals surface area (Å²) >= 11 is 3.47. The lowest BCUT2D eigenvalue weighted by atomic mass is 9.57. The van der Waals surface area contributed by atoms with E-state index in [9.17, 15) is 0 Å². The van der Waals surface area contributed by atoms with Crippen LogP contribution in [-0.4, -0.2) is 23.7 Å². The van der Waals surface area contributed by atoms with Crippen LogP contribution in [0.25, 0.3) is 0 Å². The average molecular weight is 353 g/mol. The molecule has 2 saturated carbocycles. The topological polar surface area (TPSA) is 34.1 Å². The van der Waals surface area contributed by atoms with Gasteiger partial charge < -0.3 is 10.1 Å². The predicted molar refractivity (Wildman–Crippen MR) is 88.6 cm³/mol. The van der Waals surface area contributed by atoms with E-state index in [1.807, 2.05) is 12.3 Å². The Labute approximate surface area is 136 Å². The maximum absolute atomic E-state index is 6.32. The van der Waals surface area contributed by atoms with E-state index in [2.05, 4.69) is 33.2 Å². The second-order valence-corrected chi connectivity index (χ2v) is 7.35. The fourth-order valence-electron chi connectivity index (χ4n) is 4.12. The molecule has 0 saturated heterocycles. The first kappa shape index (κ1) is 15.3. The number of hydrogen-bond donors (Lipinski definition) is 1. The zero-order valence-electron chi connectivity index (χ0n) is 12.8. The van der Waals surface area contributed by atoms with Crippen LogP contribution in [0.4, 0.5) is 0 Å². The van der Waals surface area contributed by atoms with Crippen molar-refractivity contribution in [1.29, 1.82) is 0 Å². The molecule has 21 heavy (non-hydrogen) atoms. The second-order valence-electron chi connectivity index (χ2n) is 6.44. The van der Waals surface area contributed by atoms with Gasteiger partial charge in [0.2, 0.25) is 0 Å². The molecule has 3 nitrogen and oxygen atoms in total. The normalized spacial score (nSPS) is 27.9. The van der Waals surface area contributed by atoms with Gasteiger partial charge in [-0.05, 0) is 41.4 Å². The van der Waals surface area contributed by atoms with Gasteiger partial charge in [-0.15, -0.1) is 0 Å². The molecule has 2 aliphatic rings. The molecule has 1 aromatic rings. The molecule has 2 fully saturated rings. The molecule has 2 atom stereocenters. The Balaban J connectivity index is 1.75. The summed E-state index contributed by atoms with van der Waals surface area (Å²) < 4.78 is 7.31. The molecule has 1 N–H and O–H groups in total. The molecule has 116 valence electrons. The number of halogens is 1. The number of pyridine rings is 1. The number of aromatic nitrogens is 1. The van der Waals surface area contributed by atoms with Gasteiger partial charge >= 0.3 is 0 Å². The lowest BCUT2D eigenvalue weighted by molar-refractivity contribution is -0.0901. The zero-order chi connectivity index (χ0) is 14.7. The number of hydrogen-bond acceptors (Lipinski definition) is 3. The summed E-state index contributed by atoms with van der Waals surface area (Å²) in [5.41, 5.74) is 0.342. The van der Waals surface area contributed by atoms with Gasteiger partial charge in [0.25, 0.3) is 0 Å². The SMILES string of the molecule is CCNC1CC(Oc2cncc(Br)c2)C12CCCCCC2. The van der Waals surface area contributed by atoms with Crippen LogP contribution in [0.2, 0.25) is 0 Å². The van der Waals surface area contributed by atoms with Crippen LogP contribution in [0.5, 0.6) is 5.75 Å². The quantitative estimate of drug-likeness (QED) is 0.876. The van der Waals surface area contributed by atoms with E-state index in [4.69, 9.17) is 4.74 Å². The molecule has 0 amide bonds. The molecule has 3 rings (SSSR count). The summed E-state index contributed by atoms with van der Waals surface area (Å²) in [7, 11) is 0. The molecule has 0 aliphatic heterocycles. The molecular formula is C17H25BrN2O. The van der Waals surface area contributed by atoms with Crippen LogP contribution < -0.4 is 10.1 Å². The van der Waals surface area contributed by atoms with Gasteiger partial charge in [-0.1, -0.05) is 32.6 Å². The summed E-state index contributed by atoms with van der Waals surface area (Å²) in [5.74, 6) is 0.896. The van der Waals surface area contributed by atoms with E-state index >= 15 is 0 Å². The molecule has 2 aliphatic carbocycles. The fraction of sp³-hybridized carbons (Fsp3) is 0.706. The minimum atomic E-state index is 0.342. The molecule has 2 unspecified atom stereocenters. The van der Waals surface area contributed by atoms with Crippen molar-refractivity contribution in [3.05, 3.63) is 22.9 Å². The van der Waals surface area contributed by atoms with Crippen LogP contribution in [-0.2, 0) is 0 Å². The third kappa shape index (κ3) is 3.11. The highest BCUT2D eigenvalue weighted by atomic mass is 79.9. The van der Waals surface area contributed by atoms with Crippen LogP contribution in [0.3, 0.4) is 0 Å². The fourth-order valence-corrected chi connectivity index (χ4v) is 4.47. The van der Waals surface area contributed by atoms with Gasteiger partial charge in [-0.2, -0.15) is 0 Å². The molecule has 0 radical (unpaired) electrons. The molecule has 1 spiro atoms. The van der Waals surface area contributed by atoms with E-state index in [1.165, 1.54) is 38.5 Å². The first-order valence-corrected chi connectivity index (χ1v) is 9.04. The minimum absolute atomic E-state index is 0.342. The van der Waals surface area contributed by atoms with E-state index in [0.717, 1.165) is 23.2 Å². The lowest BCUT2D eigenvalue weighted by Crippen LogP contribution is -2.64. The van der Waals surface area contributed by atoms with Gasteiger partial charge in [0.15, 0.2) is 0 Å². The highest BCUT2D eigenvalue weighted by molar-refractivity contribution is 9.10. The zero-order valence-corrected chi connectivity index (χ0v) is 14.4. The Morgan fingerprint density at radius 3 is 2.71 bits per heavy atom. The van der Waals surface area contributed by atoms with E-state index in [1.54, 1.807) is 6.20 Å². The number of rotatable bonds is 4. The van der Waals surface area contributed by atoms with E-state index < -0.39 is 0 Å². The van der Waals surface area contributed by atoms with Gasteiger partial charge in [0, 0.05) is 28.5 Å². The van der Waals surface area contributed by atoms with Crippen molar-refractivity contribution >= 4 is 15.9 Å². The first-order chi connectivity index (χ1) is 10.2. The Morgan fingerprint density at radius 1 is 1.29 bits per heavy atom. The Bertz CT molecular complexity index is 472. The van der Waals surface area contributed by atoms with Gasteiger partial charge in [0.05, 0.1) is 6.20 Å². The highest BCUT2D eigenvalue weighted by Gasteiger charge is 2.55. The van der Waals surface area contributed by atoms with Crippen molar-refractivity contribution in [3.8, 4) is 5.75 Å². The number of nitrogens with zero attached hydrogens (tertiary/aromatic N) is 1. The molecule has 1 aromatic heterocycles. The maximum atomic E-state index is 6.32. The summed E-state index contributed by atoms with van der Waals surface area (Å²) in [5, 5.41) is 3.69. The molecular weight excluding hydrogens is 328 g/mol. The van der Waals surface area contributed by atoms with Crippen molar-refractivity contribution < 1.29 is 4.74 Å². The van der Waals surface area contributed by atoms with Gasteiger partial charge in [0.1, 0.15) is 11.9 Å². The minimum Gasteiger partial charge on any atom is -0.488 e. The van der Waals surface area contributed by atoms with E-state index in [-0.39, 0.29) is 0 Å². The van der Waals surface area contributed by atoms with Crippen molar-refractivity contribution in [2.75, 3.05) is 6.54 Å². The smallest absolute Gasteiger partial charge is 0.139 e. The van der Waals surface area contributed by atoms with Gasteiger partial charge in [-0.3, -0.25) is 4.98 Å². The Morgan fingerprint density at radius 2 is 2.05 bits per heavy atom. The molecule has 1 heterocycles. The van der Waals surface area contributed by atoms with E-state index in [0.29, 0.717) is 17.6 Å². The standard InChI is InChI=1S/C17H25BrN2O/c1-2-20-15-10-16(17(15)7-5-3-4-6-8-17)21-14-9-13(18)11-19-12-14/h9,11-12,15-16,20H,2-8,10H2,1H3. The molecule has 4 heteroatoms. The van der Waals surface area contributed by atoms with Crippen LogP contribution in [0.1, 0.15) is 51.9 Å². The summed E-state index contributed by atoms with van der Waals surface area (Å²) in [6.07, 6.45) is 13.2. The first-order valence-electron chi connectivity index (χ1n) is 8.25. The second kappa shape index (κ2) is 6.66. The Hall–Kier alpha value is -0.610. The predicted octanol–water partition coefficient (Wildman–Crippen LogP) is 4.31. The Kier molecular flexibility index (Phi) is 4.85. The van der Waals surface area contributed by atoms with Gasteiger partial charge in [-0.25, -0.2) is 0 Å². The maximum Gasteiger partial charge on any atom is 0.139 e. The largest absolute Gasteiger partial charge is 0.488 e. The summed E-state index contributed by atoms with van der Waals surface area (Å²) in [6.45, 7) is 3.26. The lowest BCUT2D eigenvalue weighted by Gasteiger charge is -2.56. The van der Waals surface area contributed by atoms with Crippen molar-refractivity contribution in [3.63, 3.8) is 0 Å². The van der Waals surface area contributed by atoms with Crippen LogP contribution in [0, 0.1) is 5.41 Å². The van der Waals surface area contributed by atoms with Crippen molar-refractivity contribution in [2.45, 2.75) is 64.0 Å². The third-order valence-electron chi connectivity index (χ3n) is 5.23. The van der Waals surface area contributed by atoms with Crippen LogP contribution >= 0.6 is 15.9 Å². The monoisotopic (exact) mass is 352 g/mol. The number of nitrogens with one attached hydrogen (secondary N) is 1. The molecule has 0 aromatic carbocycles.